The number of fused-ring (bicyclic) bond motifs is 1. The topological polar surface area (TPSA) is 45.2 Å². The Balaban J connectivity index is 1.30. The normalized spacial score (nSPS) is 16.0. The van der Waals surface area contributed by atoms with Crippen molar-refractivity contribution in [2.45, 2.75) is 18.8 Å². The zero-order chi connectivity index (χ0) is 17.9. The summed E-state index contributed by atoms with van der Waals surface area (Å²) in [6.45, 7) is 2.32. The number of halogens is 1. The number of hydrogen-bond donors (Lipinski definition) is 1. The molecule has 1 aliphatic rings. The molecule has 1 saturated heterocycles. The number of anilines is 1. The van der Waals surface area contributed by atoms with E-state index in [0.717, 1.165) is 41.6 Å². The number of nitrogens with one attached hydrogen (secondary N) is 1. The molecule has 0 saturated carbocycles. The van der Waals surface area contributed by atoms with E-state index in [0.29, 0.717) is 12.5 Å². The molecular weight excluding hydrogens is 410 g/mol. The van der Waals surface area contributed by atoms with E-state index in [2.05, 4.69) is 44.3 Å². The zero-order valence-corrected chi connectivity index (χ0v) is 16.7. The van der Waals surface area contributed by atoms with E-state index in [4.69, 9.17) is 4.98 Å². The third kappa shape index (κ3) is 4.14. The lowest BCUT2D eigenvalue weighted by Gasteiger charge is -2.30. The summed E-state index contributed by atoms with van der Waals surface area (Å²) < 4.78 is 2.27. The van der Waals surface area contributed by atoms with Crippen LogP contribution in [0.1, 0.15) is 23.8 Å². The Hall–Kier alpha value is -1.76. The lowest BCUT2D eigenvalue weighted by Crippen LogP contribution is -2.38. The molecule has 1 N–H and O–H groups in total. The Labute approximate surface area is 165 Å². The Morgan fingerprint density at radius 3 is 2.62 bits per heavy atom. The number of rotatable bonds is 4. The molecular formula is C20H20BrN3OS. The highest BCUT2D eigenvalue weighted by atomic mass is 79.9. The van der Waals surface area contributed by atoms with Gasteiger partial charge < -0.3 is 5.32 Å². The number of aromatic nitrogens is 1. The molecule has 4 rings (SSSR count). The van der Waals surface area contributed by atoms with Crippen LogP contribution in [-0.2, 0) is 4.79 Å². The van der Waals surface area contributed by atoms with Crippen LogP contribution in [-0.4, -0.2) is 35.4 Å². The van der Waals surface area contributed by atoms with Crippen LogP contribution in [0.2, 0.25) is 0 Å². The molecule has 1 fully saturated rings. The summed E-state index contributed by atoms with van der Waals surface area (Å²) in [5.74, 6) is 0.559. The van der Waals surface area contributed by atoms with Gasteiger partial charge in [0.1, 0.15) is 0 Å². The van der Waals surface area contributed by atoms with Crippen LogP contribution in [0.15, 0.2) is 53.0 Å². The molecule has 0 spiro atoms. The standard InChI is InChI=1S/C20H20BrN3OS/c21-15-5-7-16(8-6-15)22-19(25)13-24-11-9-14(10-12-24)20-23-17-3-1-2-4-18(17)26-20/h1-8,14H,9-13H2,(H,22,25). The van der Waals surface area contributed by atoms with Gasteiger partial charge in [0.15, 0.2) is 0 Å². The molecule has 3 aromatic rings. The van der Waals surface area contributed by atoms with Crippen molar-refractivity contribution in [3.05, 3.63) is 58.0 Å². The molecule has 0 atom stereocenters. The van der Waals surface area contributed by atoms with Crippen molar-refractivity contribution < 1.29 is 4.79 Å². The molecule has 1 amide bonds. The average Bonchev–Trinajstić information content (AvgIpc) is 3.08. The highest BCUT2D eigenvalue weighted by molar-refractivity contribution is 9.10. The number of thiazole rings is 1. The number of carbonyl (C=O) groups excluding carboxylic acids is 1. The van der Waals surface area contributed by atoms with Gasteiger partial charge in [0, 0.05) is 16.1 Å². The van der Waals surface area contributed by atoms with Gasteiger partial charge in [-0.25, -0.2) is 4.98 Å². The van der Waals surface area contributed by atoms with E-state index >= 15 is 0 Å². The highest BCUT2D eigenvalue weighted by Gasteiger charge is 2.24. The first-order valence-electron chi connectivity index (χ1n) is 8.80. The third-order valence-corrected chi connectivity index (χ3v) is 6.47. The number of para-hydroxylation sites is 1. The molecule has 1 aliphatic heterocycles. The van der Waals surface area contributed by atoms with Crippen molar-refractivity contribution in [1.29, 1.82) is 0 Å². The summed E-state index contributed by atoms with van der Waals surface area (Å²) in [6, 6.07) is 16.0. The maximum atomic E-state index is 12.3. The Kier molecular flexibility index (Phi) is 5.33. The van der Waals surface area contributed by atoms with Crippen LogP contribution in [0.25, 0.3) is 10.2 Å². The van der Waals surface area contributed by atoms with Crippen molar-refractivity contribution in [1.82, 2.24) is 9.88 Å². The second kappa shape index (κ2) is 7.86. The van der Waals surface area contributed by atoms with Gasteiger partial charge in [-0.2, -0.15) is 0 Å². The van der Waals surface area contributed by atoms with Gasteiger partial charge in [0.2, 0.25) is 5.91 Å². The van der Waals surface area contributed by atoms with Crippen molar-refractivity contribution in [2.24, 2.45) is 0 Å². The van der Waals surface area contributed by atoms with E-state index in [-0.39, 0.29) is 5.91 Å². The van der Waals surface area contributed by atoms with E-state index in [1.165, 1.54) is 9.71 Å². The largest absolute Gasteiger partial charge is 0.325 e. The molecule has 2 heterocycles. The van der Waals surface area contributed by atoms with Crippen molar-refractivity contribution in [2.75, 3.05) is 25.0 Å². The molecule has 0 bridgehead atoms. The molecule has 134 valence electrons. The maximum Gasteiger partial charge on any atom is 0.238 e. The summed E-state index contributed by atoms with van der Waals surface area (Å²) in [6.07, 6.45) is 2.12. The fraction of sp³-hybridized carbons (Fsp3) is 0.300. The molecule has 0 aliphatic carbocycles. The van der Waals surface area contributed by atoms with Crippen LogP contribution in [0.3, 0.4) is 0 Å². The number of carbonyl (C=O) groups is 1. The number of amides is 1. The number of likely N-dealkylation sites (tertiary alicyclic amines) is 1. The van der Waals surface area contributed by atoms with Gasteiger partial charge in [0.05, 0.1) is 21.8 Å². The Bertz CT molecular complexity index is 868. The molecule has 1 aromatic heterocycles. The Morgan fingerprint density at radius 2 is 1.88 bits per heavy atom. The second-order valence-electron chi connectivity index (χ2n) is 6.63. The molecule has 26 heavy (non-hydrogen) atoms. The van der Waals surface area contributed by atoms with Gasteiger partial charge in [-0.15, -0.1) is 11.3 Å². The first-order valence-corrected chi connectivity index (χ1v) is 10.4. The lowest BCUT2D eigenvalue weighted by molar-refractivity contribution is -0.117. The van der Waals surface area contributed by atoms with Crippen LogP contribution in [0.4, 0.5) is 5.69 Å². The van der Waals surface area contributed by atoms with E-state index in [9.17, 15) is 4.79 Å². The van der Waals surface area contributed by atoms with E-state index in [1.54, 1.807) is 0 Å². The SMILES string of the molecule is O=C(CN1CCC(c2nc3ccccc3s2)CC1)Nc1ccc(Br)cc1. The van der Waals surface area contributed by atoms with Crippen molar-refractivity contribution in [3.63, 3.8) is 0 Å². The minimum atomic E-state index is 0.0470. The van der Waals surface area contributed by atoms with Gasteiger partial charge in [-0.1, -0.05) is 28.1 Å². The summed E-state index contributed by atoms with van der Waals surface area (Å²) in [4.78, 5) is 19.3. The van der Waals surface area contributed by atoms with E-state index < -0.39 is 0 Å². The summed E-state index contributed by atoms with van der Waals surface area (Å²) in [5, 5.41) is 4.21. The fourth-order valence-electron chi connectivity index (χ4n) is 3.34. The second-order valence-corrected chi connectivity index (χ2v) is 8.60. The predicted octanol–water partition coefficient (Wildman–Crippen LogP) is 4.88. The average molecular weight is 430 g/mol. The zero-order valence-electron chi connectivity index (χ0n) is 14.3. The third-order valence-electron chi connectivity index (χ3n) is 4.74. The Morgan fingerprint density at radius 1 is 1.15 bits per heavy atom. The first-order chi connectivity index (χ1) is 12.7. The van der Waals surface area contributed by atoms with Crippen molar-refractivity contribution >= 4 is 49.1 Å². The van der Waals surface area contributed by atoms with Crippen LogP contribution in [0.5, 0.6) is 0 Å². The van der Waals surface area contributed by atoms with Crippen LogP contribution in [0, 0.1) is 0 Å². The van der Waals surface area contributed by atoms with Gasteiger partial charge >= 0.3 is 0 Å². The lowest BCUT2D eigenvalue weighted by atomic mass is 9.97. The number of nitrogens with zero attached hydrogens (tertiary/aromatic N) is 2. The minimum absolute atomic E-state index is 0.0470. The summed E-state index contributed by atoms with van der Waals surface area (Å²) >= 11 is 5.21. The van der Waals surface area contributed by atoms with Crippen LogP contribution < -0.4 is 5.32 Å². The molecule has 6 heteroatoms. The molecule has 2 aromatic carbocycles. The highest BCUT2D eigenvalue weighted by Crippen LogP contribution is 2.33. The minimum Gasteiger partial charge on any atom is -0.325 e. The quantitative estimate of drug-likeness (QED) is 0.642. The fourth-order valence-corrected chi connectivity index (χ4v) is 4.74. The number of hydrogen-bond acceptors (Lipinski definition) is 4. The van der Waals surface area contributed by atoms with Crippen molar-refractivity contribution in [3.8, 4) is 0 Å². The number of piperidine rings is 1. The molecule has 4 nitrogen and oxygen atoms in total. The van der Waals surface area contributed by atoms with Gasteiger partial charge in [-0.3, -0.25) is 9.69 Å². The summed E-state index contributed by atoms with van der Waals surface area (Å²) in [5.41, 5.74) is 1.94. The smallest absolute Gasteiger partial charge is 0.238 e. The summed E-state index contributed by atoms with van der Waals surface area (Å²) in [7, 11) is 0. The monoisotopic (exact) mass is 429 g/mol. The predicted molar refractivity (Wildman–Crippen MR) is 111 cm³/mol. The number of benzene rings is 2. The first kappa shape index (κ1) is 17.6. The van der Waals surface area contributed by atoms with Crippen LogP contribution >= 0.6 is 27.3 Å². The maximum absolute atomic E-state index is 12.3. The molecule has 0 unspecified atom stereocenters. The van der Waals surface area contributed by atoms with Gasteiger partial charge in [0.25, 0.3) is 0 Å². The van der Waals surface area contributed by atoms with Gasteiger partial charge in [-0.05, 0) is 62.3 Å². The van der Waals surface area contributed by atoms with E-state index in [1.807, 2.05) is 41.7 Å². The molecule has 0 radical (unpaired) electrons.